The third-order valence-electron chi connectivity index (χ3n) is 7.00. The van der Waals surface area contributed by atoms with Crippen molar-refractivity contribution in [2.24, 2.45) is 0 Å². The minimum atomic E-state index is -3.11. The van der Waals surface area contributed by atoms with Crippen LogP contribution in [-0.4, -0.2) is 92.9 Å². The molecular formula is C28H40N2O7S. The van der Waals surface area contributed by atoms with Crippen LogP contribution < -0.4 is 19.7 Å². The van der Waals surface area contributed by atoms with Crippen molar-refractivity contribution in [2.45, 2.75) is 31.2 Å². The fourth-order valence-electron chi connectivity index (χ4n) is 5.04. The first kappa shape index (κ1) is 28.6. The molecule has 2 aromatic carbocycles. The van der Waals surface area contributed by atoms with Gasteiger partial charge in [0.05, 0.1) is 50.5 Å². The Morgan fingerprint density at radius 1 is 1.03 bits per heavy atom. The number of nitrogens with zero attached hydrogens (tertiary/aromatic N) is 1. The van der Waals surface area contributed by atoms with E-state index >= 15 is 0 Å². The van der Waals surface area contributed by atoms with Gasteiger partial charge >= 0.3 is 0 Å². The zero-order chi connectivity index (χ0) is 27.0. The first-order valence-electron chi connectivity index (χ1n) is 13.1. The normalized spacial score (nSPS) is 21.6. The molecule has 2 heterocycles. The summed E-state index contributed by atoms with van der Waals surface area (Å²) in [6.45, 7) is 5.03. The van der Waals surface area contributed by atoms with Crippen molar-refractivity contribution in [2.75, 3.05) is 77.1 Å². The SMILES string of the molecule is COCCCN1CCOc2ccc(CO[C@H]3CNC[C@@H](OCCS(C)(=O)=O)[C@@H]3c3ccc(OC)cc3)cc21. The van der Waals surface area contributed by atoms with Gasteiger partial charge in [-0.25, -0.2) is 8.42 Å². The van der Waals surface area contributed by atoms with E-state index in [9.17, 15) is 8.42 Å². The summed E-state index contributed by atoms with van der Waals surface area (Å²) in [6.07, 6.45) is 1.79. The summed E-state index contributed by atoms with van der Waals surface area (Å²) in [4.78, 5) is 2.34. The van der Waals surface area contributed by atoms with Crippen molar-refractivity contribution in [3.63, 3.8) is 0 Å². The second-order valence-corrected chi connectivity index (χ2v) is 12.1. The minimum absolute atomic E-state index is 0.0115. The molecule has 9 nitrogen and oxygen atoms in total. The van der Waals surface area contributed by atoms with Crippen molar-refractivity contribution in [1.29, 1.82) is 0 Å². The van der Waals surface area contributed by atoms with Crippen molar-refractivity contribution >= 4 is 15.5 Å². The van der Waals surface area contributed by atoms with Crippen LogP contribution in [0.25, 0.3) is 0 Å². The molecule has 0 aliphatic carbocycles. The van der Waals surface area contributed by atoms with Crippen LogP contribution in [0.15, 0.2) is 42.5 Å². The summed E-state index contributed by atoms with van der Waals surface area (Å²) in [7, 11) is 0.259. The Kier molecular flexibility index (Phi) is 10.3. The Morgan fingerprint density at radius 3 is 2.50 bits per heavy atom. The molecule has 0 radical (unpaired) electrons. The molecule has 210 valence electrons. The Bertz CT molecular complexity index is 1130. The largest absolute Gasteiger partial charge is 0.497 e. The quantitative estimate of drug-likeness (QED) is 0.379. The van der Waals surface area contributed by atoms with Gasteiger partial charge < -0.3 is 33.9 Å². The number of fused-ring (bicyclic) bond motifs is 1. The average molecular weight is 549 g/mol. The summed E-state index contributed by atoms with van der Waals surface area (Å²) in [6, 6.07) is 14.2. The third kappa shape index (κ3) is 7.83. The first-order chi connectivity index (χ1) is 18.4. The van der Waals surface area contributed by atoms with Crippen LogP contribution in [0.3, 0.4) is 0 Å². The van der Waals surface area contributed by atoms with E-state index in [1.807, 2.05) is 30.3 Å². The number of nitrogens with one attached hydrogen (secondary N) is 1. The maximum Gasteiger partial charge on any atom is 0.149 e. The standard InChI is InChI=1S/C28H40N2O7S/c1-33-13-4-11-30-12-14-35-25-10-5-21(17-24(25)30)20-37-27-19-29-18-26(36-15-16-38(3,31)32)28(27)22-6-8-23(34-2)9-7-22/h5-10,17,26-29H,4,11-16,18-20H2,1-3H3/t26-,27+,28+/m1/s1. The van der Waals surface area contributed by atoms with E-state index in [4.69, 9.17) is 23.7 Å². The van der Waals surface area contributed by atoms with E-state index in [2.05, 4.69) is 22.3 Å². The molecular weight excluding hydrogens is 508 g/mol. The van der Waals surface area contributed by atoms with Gasteiger partial charge in [0.15, 0.2) is 0 Å². The second-order valence-electron chi connectivity index (χ2n) is 9.83. The first-order valence-corrected chi connectivity index (χ1v) is 15.2. The highest BCUT2D eigenvalue weighted by Crippen LogP contribution is 2.35. The zero-order valence-corrected chi connectivity index (χ0v) is 23.4. The minimum Gasteiger partial charge on any atom is -0.497 e. The number of methoxy groups -OCH3 is 2. The maximum atomic E-state index is 11.7. The van der Waals surface area contributed by atoms with E-state index in [1.54, 1.807) is 14.2 Å². The molecule has 0 amide bonds. The summed E-state index contributed by atoms with van der Waals surface area (Å²) in [5, 5.41) is 3.41. The lowest BCUT2D eigenvalue weighted by atomic mass is 9.85. The topological polar surface area (TPSA) is 95.6 Å². The summed E-state index contributed by atoms with van der Waals surface area (Å²) in [5.74, 6) is 1.60. The second kappa shape index (κ2) is 13.6. The Balaban J connectivity index is 1.48. The molecule has 2 aliphatic heterocycles. The number of hydrogen-bond donors (Lipinski definition) is 1. The van der Waals surface area contributed by atoms with Gasteiger partial charge in [0.2, 0.25) is 0 Å². The van der Waals surface area contributed by atoms with Crippen molar-refractivity contribution in [1.82, 2.24) is 5.32 Å². The molecule has 1 N–H and O–H groups in total. The predicted molar refractivity (Wildman–Crippen MR) is 147 cm³/mol. The van der Waals surface area contributed by atoms with Gasteiger partial charge in [0, 0.05) is 45.5 Å². The lowest BCUT2D eigenvalue weighted by Crippen LogP contribution is -2.51. The van der Waals surface area contributed by atoms with E-state index in [0.29, 0.717) is 26.3 Å². The fraction of sp³-hybridized carbons (Fsp3) is 0.571. The van der Waals surface area contributed by atoms with Gasteiger partial charge in [-0.15, -0.1) is 0 Å². The molecule has 38 heavy (non-hydrogen) atoms. The Labute approximate surface area is 226 Å². The van der Waals surface area contributed by atoms with Crippen LogP contribution in [-0.2, 0) is 30.7 Å². The fourth-order valence-corrected chi connectivity index (χ4v) is 5.44. The Morgan fingerprint density at radius 2 is 1.79 bits per heavy atom. The third-order valence-corrected chi connectivity index (χ3v) is 7.91. The van der Waals surface area contributed by atoms with E-state index < -0.39 is 9.84 Å². The molecule has 10 heteroatoms. The molecule has 0 unspecified atom stereocenters. The molecule has 4 rings (SSSR count). The molecule has 1 saturated heterocycles. The highest BCUT2D eigenvalue weighted by atomic mass is 32.2. The number of benzene rings is 2. The molecule has 2 aromatic rings. The molecule has 0 aromatic heterocycles. The average Bonchev–Trinajstić information content (AvgIpc) is 2.91. The number of hydrogen-bond acceptors (Lipinski definition) is 9. The van der Waals surface area contributed by atoms with Gasteiger partial charge in [-0.1, -0.05) is 18.2 Å². The monoisotopic (exact) mass is 548 g/mol. The number of piperidine rings is 1. The number of anilines is 1. The highest BCUT2D eigenvalue weighted by molar-refractivity contribution is 7.90. The van der Waals surface area contributed by atoms with Crippen LogP contribution in [0.2, 0.25) is 0 Å². The van der Waals surface area contributed by atoms with Gasteiger partial charge in [-0.3, -0.25) is 0 Å². The molecule has 0 saturated carbocycles. The Hall–Kier alpha value is -2.37. The number of rotatable bonds is 13. The van der Waals surface area contributed by atoms with Crippen molar-refractivity contribution in [3.05, 3.63) is 53.6 Å². The molecule has 1 fully saturated rings. The van der Waals surface area contributed by atoms with Crippen LogP contribution in [0.1, 0.15) is 23.5 Å². The van der Waals surface area contributed by atoms with Gasteiger partial charge in [0.1, 0.15) is 27.9 Å². The van der Waals surface area contributed by atoms with E-state index in [0.717, 1.165) is 54.4 Å². The molecule has 0 bridgehead atoms. The number of ether oxygens (including phenoxy) is 5. The van der Waals surface area contributed by atoms with Crippen LogP contribution >= 0.6 is 0 Å². The predicted octanol–water partition coefficient (Wildman–Crippen LogP) is 2.63. The van der Waals surface area contributed by atoms with Gasteiger partial charge in [-0.2, -0.15) is 0 Å². The molecule has 0 spiro atoms. The zero-order valence-electron chi connectivity index (χ0n) is 22.6. The smallest absolute Gasteiger partial charge is 0.149 e. The van der Waals surface area contributed by atoms with Crippen LogP contribution in [0.5, 0.6) is 11.5 Å². The van der Waals surface area contributed by atoms with Crippen molar-refractivity contribution in [3.8, 4) is 11.5 Å². The molecule has 2 aliphatic rings. The van der Waals surface area contributed by atoms with E-state index in [1.165, 1.54) is 6.26 Å². The lowest BCUT2D eigenvalue weighted by Gasteiger charge is -2.39. The van der Waals surface area contributed by atoms with Gasteiger partial charge in [-0.05, 0) is 41.8 Å². The molecule has 3 atom stereocenters. The number of sulfone groups is 1. The lowest BCUT2D eigenvalue weighted by molar-refractivity contribution is -0.0567. The van der Waals surface area contributed by atoms with E-state index in [-0.39, 0.29) is 30.5 Å². The van der Waals surface area contributed by atoms with Gasteiger partial charge in [0.25, 0.3) is 0 Å². The van der Waals surface area contributed by atoms with Crippen molar-refractivity contribution < 1.29 is 32.1 Å². The summed E-state index contributed by atoms with van der Waals surface area (Å²) >= 11 is 0. The maximum absolute atomic E-state index is 11.7. The highest BCUT2D eigenvalue weighted by Gasteiger charge is 2.36. The van der Waals surface area contributed by atoms with Crippen LogP contribution in [0, 0.1) is 0 Å². The van der Waals surface area contributed by atoms with Crippen LogP contribution in [0.4, 0.5) is 5.69 Å². The summed E-state index contributed by atoms with van der Waals surface area (Å²) < 4.78 is 52.4. The summed E-state index contributed by atoms with van der Waals surface area (Å²) in [5.41, 5.74) is 3.23.